The highest BCUT2D eigenvalue weighted by molar-refractivity contribution is 7.90. The lowest BCUT2D eigenvalue weighted by molar-refractivity contribution is -0.136. The van der Waals surface area contributed by atoms with Gasteiger partial charge in [0.1, 0.15) is 0 Å². The monoisotopic (exact) mass is 354 g/mol. The van der Waals surface area contributed by atoms with E-state index in [2.05, 4.69) is 4.72 Å². The number of Topliss-reactive ketones (excluding diaryl/α,β-unsaturated/α-hetero) is 1. The molecule has 0 bridgehead atoms. The third-order valence-electron chi connectivity index (χ3n) is 3.96. The van der Waals surface area contributed by atoms with Crippen molar-refractivity contribution in [2.75, 3.05) is 17.8 Å². The van der Waals surface area contributed by atoms with E-state index in [1.165, 1.54) is 10.4 Å². The lowest BCUT2D eigenvalue weighted by Gasteiger charge is -2.30. The van der Waals surface area contributed by atoms with Gasteiger partial charge >= 0.3 is 16.2 Å². The van der Waals surface area contributed by atoms with Crippen molar-refractivity contribution in [3.8, 4) is 0 Å². The molecular formula is C16H22N2O5S. The summed E-state index contributed by atoms with van der Waals surface area (Å²) in [7, 11) is -3.66. The molecule has 1 aromatic carbocycles. The van der Waals surface area contributed by atoms with Gasteiger partial charge in [-0.25, -0.2) is 0 Å². The summed E-state index contributed by atoms with van der Waals surface area (Å²) < 4.78 is 28.8. The second-order valence-electron chi connectivity index (χ2n) is 6.11. The van der Waals surface area contributed by atoms with Gasteiger partial charge in [-0.3, -0.25) is 14.3 Å². The smallest absolute Gasteiger partial charge is 0.303 e. The summed E-state index contributed by atoms with van der Waals surface area (Å²) in [6, 6.07) is 6.13. The molecule has 1 fully saturated rings. The number of carboxylic acids is 1. The molecule has 24 heavy (non-hydrogen) atoms. The van der Waals surface area contributed by atoms with Crippen LogP contribution in [0.3, 0.4) is 0 Å². The lowest BCUT2D eigenvalue weighted by atomic mass is 10.0. The fourth-order valence-electron chi connectivity index (χ4n) is 2.70. The molecule has 0 saturated carbocycles. The van der Waals surface area contributed by atoms with E-state index in [1.807, 2.05) is 6.92 Å². The summed E-state index contributed by atoms with van der Waals surface area (Å²) in [6.45, 7) is 2.98. The van der Waals surface area contributed by atoms with Gasteiger partial charge in [-0.2, -0.15) is 12.7 Å². The van der Waals surface area contributed by atoms with Crippen molar-refractivity contribution in [2.24, 2.45) is 5.92 Å². The number of hydrogen-bond donors (Lipinski definition) is 2. The Bertz CT molecular complexity index is 717. The Morgan fingerprint density at radius 1 is 1.33 bits per heavy atom. The molecule has 0 aliphatic carbocycles. The van der Waals surface area contributed by atoms with E-state index in [1.54, 1.807) is 18.2 Å². The highest BCUT2D eigenvalue weighted by Crippen LogP contribution is 2.21. The fraction of sp³-hybridized carbons (Fsp3) is 0.500. The number of ketones is 1. The Hall–Kier alpha value is -1.93. The molecule has 1 aliphatic heterocycles. The average Bonchev–Trinajstić information content (AvgIpc) is 2.52. The molecule has 1 saturated heterocycles. The summed E-state index contributed by atoms with van der Waals surface area (Å²) >= 11 is 0. The molecule has 132 valence electrons. The number of rotatable bonds is 7. The highest BCUT2D eigenvalue weighted by atomic mass is 32.2. The van der Waals surface area contributed by atoms with E-state index in [4.69, 9.17) is 5.11 Å². The third-order valence-corrected chi connectivity index (χ3v) is 5.46. The molecule has 1 heterocycles. The lowest BCUT2D eigenvalue weighted by Crippen LogP contribution is -2.42. The van der Waals surface area contributed by atoms with Crippen LogP contribution in [-0.4, -0.2) is 42.7 Å². The Kier molecular flexibility index (Phi) is 5.95. The van der Waals surface area contributed by atoms with Crippen LogP contribution >= 0.6 is 0 Å². The van der Waals surface area contributed by atoms with Crippen LogP contribution in [0.4, 0.5) is 5.69 Å². The van der Waals surface area contributed by atoms with E-state index >= 15 is 0 Å². The highest BCUT2D eigenvalue weighted by Gasteiger charge is 2.27. The predicted molar refractivity (Wildman–Crippen MR) is 90.2 cm³/mol. The zero-order chi connectivity index (χ0) is 17.7. The van der Waals surface area contributed by atoms with Gasteiger partial charge in [0.2, 0.25) is 0 Å². The molecule has 2 rings (SSSR count). The van der Waals surface area contributed by atoms with Gasteiger partial charge in [-0.15, -0.1) is 0 Å². The molecule has 0 amide bonds. The average molecular weight is 354 g/mol. The summed E-state index contributed by atoms with van der Waals surface area (Å²) in [4.78, 5) is 22.5. The van der Waals surface area contributed by atoms with E-state index in [0.717, 1.165) is 12.8 Å². The van der Waals surface area contributed by atoms with Crippen LogP contribution in [0.2, 0.25) is 0 Å². The number of aliphatic carboxylic acids is 1. The van der Waals surface area contributed by atoms with Crippen molar-refractivity contribution in [1.82, 2.24) is 4.31 Å². The first-order valence-corrected chi connectivity index (χ1v) is 9.35. The molecule has 1 aliphatic rings. The van der Waals surface area contributed by atoms with E-state index in [9.17, 15) is 18.0 Å². The minimum atomic E-state index is -3.66. The van der Waals surface area contributed by atoms with Crippen LogP contribution in [0.25, 0.3) is 0 Å². The molecule has 1 unspecified atom stereocenters. The molecule has 8 heteroatoms. The van der Waals surface area contributed by atoms with Crippen LogP contribution in [0.1, 0.15) is 43.0 Å². The number of hydrogen-bond acceptors (Lipinski definition) is 4. The molecule has 7 nitrogen and oxygen atoms in total. The SMILES string of the molecule is CC1CCCN(S(=O)(=O)Nc2cccc(C(=O)CCC(=O)O)c2)C1. The quantitative estimate of drug-likeness (QED) is 0.730. The van der Waals surface area contributed by atoms with Crippen molar-refractivity contribution in [3.05, 3.63) is 29.8 Å². The Balaban J connectivity index is 2.08. The zero-order valence-corrected chi connectivity index (χ0v) is 14.4. The van der Waals surface area contributed by atoms with Gasteiger partial charge in [0.25, 0.3) is 0 Å². The van der Waals surface area contributed by atoms with Crippen molar-refractivity contribution in [3.63, 3.8) is 0 Å². The Labute approximate surface area is 141 Å². The number of carbonyl (C=O) groups is 2. The van der Waals surface area contributed by atoms with Gasteiger partial charge in [0, 0.05) is 25.1 Å². The van der Waals surface area contributed by atoms with Crippen molar-refractivity contribution < 1.29 is 23.1 Å². The maximum Gasteiger partial charge on any atom is 0.303 e. The number of carboxylic acid groups (broad SMARTS) is 1. The maximum atomic E-state index is 12.4. The summed E-state index contributed by atoms with van der Waals surface area (Å²) in [6.07, 6.45) is 1.48. The van der Waals surface area contributed by atoms with Crippen LogP contribution in [0.5, 0.6) is 0 Å². The molecule has 0 spiro atoms. The molecule has 0 radical (unpaired) electrons. The van der Waals surface area contributed by atoms with Crippen LogP contribution < -0.4 is 4.72 Å². The molecule has 2 N–H and O–H groups in total. The van der Waals surface area contributed by atoms with Crippen LogP contribution in [-0.2, 0) is 15.0 Å². The van der Waals surface area contributed by atoms with E-state index in [0.29, 0.717) is 30.3 Å². The van der Waals surface area contributed by atoms with Gasteiger partial charge in [0.05, 0.1) is 12.1 Å². The summed E-state index contributed by atoms with van der Waals surface area (Å²) in [5.41, 5.74) is 0.595. The van der Waals surface area contributed by atoms with Gasteiger partial charge < -0.3 is 5.11 Å². The molecule has 1 atom stereocenters. The topological polar surface area (TPSA) is 104 Å². The Morgan fingerprint density at radius 2 is 2.08 bits per heavy atom. The largest absolute Gasteiger partial charge is 0.481 e. The molecular weight excluding hydrogens is 332 g/mol. The molecule has 1 aromatic rings. The minimum absolute atomic E-state index is 0.116. The molecule has 0 aromatic heterocycles. The van der Waals surface area contributed by atoms with Crippen LogP contribution in [0.15, 0.2) is 24.3 Å². The first kappa shape index (κ1) is 18.4. The standard InChI is InChI=1S/C16H22N2O5S/c1-12-4-3-9-18(11-12)24(22,23)17-14-6-2-5-13(10-14)15(19)7-8-16(20)21/h2,5-6,10,12,17H,3-4,7-9,11H2,1H3,(H,20,21). The zero-order valence-electron chi connectivity index (χ0n) is 13.6. The third kappa shape index (κ3) is 5.04. The van der Waals surface area contributed by atoms with Gasteiger partial charge in [-0.1, -0.05) is 19.1 Å². The fourth-order valence-corrected chi connectivity index (χ4v) is 4.07. The van der Waals surface area contributed by atoms with Gasteiger partial charge in [0.15, 0.2) is 5.78 Å². The van der Waals surface area contributed by atoms with Gasteiger partial charge in [-0.05, 0) is 30.9 Å². The number of nitrogens with zero attached hydrogens (tertiary/aromatic N) is 1. The van der Waals surface area contributed by atoms with Crippen LogP contribution in [0, 0.1) is 5.92 Å². The number of carbonyl (C=O) groups excluding carboxylic acids is 1. The number of piperidine rings is 1. The van der Waals surface area contributed by atoms with Crippen molar-refractivity contribution in [2.45, 2.75) is 32.6 Å². The second kappa shape index (κ2) is 7.76. The number of benzene rings is 1. The first-order chi connectivity index (χ1) is 11.3. The summed E-state index contributed by atoms with van der Waals surface area (Å²) in [5, 5.41) is 8.63. The van der Waals surface area contributed by atoms with Crippen molar-refractivity contribution in [1.29, 1.82) is 0 Å². The number of nitrogens with one attached hydrogen (secondary N) is 1. The van der Waals surface area contributed by atoms with E-state index < -0.39 is 16.2 Å². The Morgan fingerprint density at radius 3 is 2.75 bits per heavy atom. The predicted octanol–water partition coefficient (Wildman–Crippen LogP) is 2.12. The normalized spacial score (nSPS) is 19.0. The van der Waals surface area contributed by atoms with E-state index in [-0.39, 0.29) is 18.6 Å². The second-order valence-corrected chi connectivity index (χ2v) is 7.78. The summed E-state index contributed by atoms with van der Waals surface area (Å²) in [5.74, 6) is -1.05. The number of anilines is 1. The first-order valence-electron chi connectivity index (χ1n) is 7.91. The maximum absolute atomic E-state index is 12.4. The van der Waals surface area contributed by atoms with Crippen molar-refractivity contribution >= 4 is 27.6 Å². The minimum Gasteiger partial charge on any atom is -0.481 e.